The molecule has 10 heteroatoms. The summed E-state index contributed by atoms with van der Waals surface area (Å²) in [5, 5.41) is 9.50. The third-order valence-electron chi connectivity index (χ3n) is 6.39. The van der Waals surface area contributed by atoms with Crippen molar-refractivity contribution in [1.82, 2.24) is 24.5 Å². The lowest BCUT2D eigenvalue weighted by molar-refractivity contribution is -0.113. The molecule has 1 aromatic carbocycles. The van der Waals surface area contributed by atoms with Crippen LogP contribution in [0.2, 0.25) is 0 Å². The molecule has 1 fully saturated rings. The Morgan fingerprint density at radius 3 is 2.59 bits per heavy atom. The van der Waals surface area contributed by atoms with E-state index in [-0.39, 0.29) is 25.0 Å². The summed E-state index contributed by atoms with van der Waals surface area (Å²) in [7, 11) is 0. The minimum Gasteiger partial charge on any atom is -0.387 e. The maximum Gasteiger partial charge on any atom is 0.290 e. The Morgan fingerprint density at radius 1 is 1.03 bits per heavy atom. The van der Waals surface area contributed by atoms with Crippen LogP contribution in [0.1, 0.15) is 23.9 Å². The van der Waals surface area contributed by atoms with E-state index in [1.165, 1.54) is 4.90 Å². The number of nitrogens with zero attached hydrogens (tertiary/aromatic N) is 6. The highest BCUT2D eigenvalue weighted by Crippen LogP contribution is 2.32. The Labute approximate surface area is 193 Å². The van der Waals surface area contributed by atoms with Gasteiger partial charge in [0.25, 0.3) is 5.92 Å². The van der Waals surface area contributed by atoms with Crippen LogP contribution in [-0.4, -0.2) is 61.3 Å². The van der Waals surface area contributed by atoms with E-state index in [4.69, 9.17) is 14.7 Å². The molecule has 2 aliphatic heterocycles. The number of hydrogen-bond donors (Lipinski definition) is 1. The highest BCUT2D eigenvalue weighted by atomic mass is 19.3. The van der Waals surface area contributed by atoms with Gasteiger partial charge in [-0.1, -0.05) is 30.3 Å². The SMILES string of the molecule is OC1CCN(c2ncc(-c3ccc4nc5n(c4n3)C(c3ccccc3)COC5)cn2)CC1(F)F. The number of aromatic nitrogens is 5. The Hall–Kier alpha value is -3.50. The van der Waals surface area contributed by atoms with Crippen molar-refractivity contribution in [3.05, 3.63) is 66.2 Å². The second-order valence-electron chi connectivity index (χ2n) is 8.64. The van der Waals surface area contributed by atoms with E-state index in [2.05, 4.69) is 26.7 Å². The van der Waals surface area contributed by atoms with Crippen LogP contribution >= 0.6 is 0 Å². The summed E-state index contributed by atoms with van der Waals surface area (Å²) in [5.74, 6) is -2.16. The third kappa shape index (κ3) is 3.59. The number of benzene rings is 1. The molecule has 3 aromatic heterocycles. The summed E-state index contributed by atoms with van der Waals surface area (Å²) in [5.41, 5.74) is 3.98. The van der Waals surface area contributed by atoms with Crippen LogP contribution in [0.25, 0.3) is 22.4 Å². The van der Waals surface area contributed by atoms with Crippen molar-refractivity contribution in [3.63, 3.8) is 0 Å². The molecule has 1 saturated heterocycles. The first kappa shape index (κ1) is 21.1. The summed E-state index contributed by atoms with van der Waals surface area (Å²) in [6.07, 6.45) is 1.51. The number of fused-ring (bicyclic) bond motifs is 3. The average Bonchev–Trinajstić information content (AvgIpc) is 3.24. The van der Waals surface area contributed by atoms with Crippen LogP contribution in [0.15, 0.2) is 54.9 Å². The van der Waals surface area contributed by atoms with Crippen LogP contribution in [0.4, 0.5) is 14.7 Å². The van der Waals surface area contributed by atoms with Gasteiger partial charge < -0.3 is 19.3 Å². The number of aliphatic hydroxyl groups is 1. The molecule has 2 unspecified atom stereocenters. The molecule has 6 rings (SSSR count). The van der Waals surface area contributed by atoms with E-state index >= 15 is 0 Å². The van der Waals surface area contributed by atoms with Gasteiger partial charge in [-0.25, -0.2) is 28.7 Å². The Kier molecular flexibility index (Phi) is 5.00. The van der Waals surface area contributed by atoms with E-state index in [0.29, 0.717) is 24.5 Å². The number of halogens is 2. The highest BCUT2D eigenvalue weighted by molar-refractivity contribution is 5.76. The van der Waals surface area contributed by atoms with Crippen molar-refractivity contribution < 1.29 is 18.6 Å². The molecule has 5 heterocycles. The molecule has 8 nitrogen and oxygen atoms in total. The van der Waals surface area contributed by atoms with Gasteiger partial charge in [-0.15, -0.1) is 0 Å². The van der Waals surface area contributed by atoms with Crippen LogP contribution in [0.5, 0.6) is 0 Å². The fraction of sp³-hybridized carbons (Fsp3) is 0.333. The predicted octanol–water partition coefficient (Wildman–Crippen LogP) is 3.21. The Balaban J connectivity index is 1.33. The Morgan fingerprint density at radius 2 is 1.82 bits per heavy atom. The van der Waals surface area contributed by atoms with Crippen LogP contribution in [0, 0.1) is 0 Å². The summed E-state index contributed by atoms with van der Waals surface area (Å²) < 4.78 is 35.7. The molecular weight excluding hydrogens is 442 g/mol. The van der Waals surface area contributed by atoms with E-state index in [9.17, 15) is 13.9 Å². The molecule has 0 spiro atoms. The number of alkyl halides is 2. The van der Waals surface area contributed by atoms with E-state index in [1.54, 1.807) is 12.4 Å². The van der Waals surface area contributed by atoms with Gasteiger partial charge in [-0.05, 0) is 24.1 Å². The molecule has 0 bridgehead atoms. The zero-order valence-electron chi connectivity index (χ0n) is 18.2. The van der Waals surface area contributed by atoms with Crippen molar-refractivity contribution in [2.24, 2.45) is 0 Å². The highest BCUT2D eigenvalue weighted by Gasteiger charge is 2.44. The van der Waals surface area contributed by atoms with Crippen molar-refractivity contribution >= 4 is 17.1 Å². The number of imidazole rings is 1. The molecular formula is C24H22F2N6O2. The summed E-state index contributed by atoms with van der Waals surface area (Å²) in [4.78, 5) is 19.6. The molecule has 2 atom stereocenters. The first-order chi connectivity index (χ1) is 16.5. The van der Waals surface area contributed by atoms with Gasteiger partial charge in [-0.3, -0.25) is 0 Å². The minimum atomic E-state index is -3.19. The van der Waals surface area contributed by atoms with Gasteiger partial charge in [0, 0.05) is 24.5 Å². The first-order valence-corrected chi connectivity index (χ1v) is 11.1. The summed E-state index contributed by atoms with van der Waals surface area (Å²) in [6, 6.07) is 13.8. The number of aliphatic hydroxyl groups excluding tert-OH is 1. The van der Waals surface area contributed by atoms with E-state index < -0.39 is 18.6 Å². The van der Waals surface area contributed by atoms with Gasteiger partial charge in [0.05, 0.1) is 24.9 Å². The standard InChI is InChI=1S/C24H22F2N6O2/c25-24(26)14-31(9-8-20(24)33)23-27-10-16(11-28-23)17-6-7-18-22(30-17)32-19(12-34-13-21(32)29-18)15-4-2-1-3-5-15/h1-7,10-11,19-20,33H,8-9,12-14H2. The number of pyridine rings is 1. The lowest BCUT2D eigenvalue weighted by Crippen LogP contribution is -2.52. The fourth-order valence-corrected chi connectivity index (χ4v) is 4.58. The lowest BCUT2D eigenvalue weighted by atomic mass is 10.0. The van der Waals surface area contributed by atoms with Gasteiger partial charge in [-0.2, -0.15) is 0 Å². The lowest BCUT2D eigenvalue weighted by Gasteiger charge is -2.35. The Bertz CT molecular complexity index is 1330. The van der Waals surface area contributed by atoms with Gasteiger partial charge in [0.15, 0.2) is 5.65 Å². The smallest absolute Gasteiger partial charge is 0.290 e. The molecule has 0 radical (unpaired) electrons. The molecule has 4 aromatic rings. The second-order valence-corrected chi connectivity index (χ2v) is 8.64. The number of anilines is 1. The third-order valence-corrected chi connectivity index (χ3v) is 6.39. The number of piperidine rings is 1. The number of hydrogen-bond acceptors (Lipinski definition) is 7. The van der Waals surface area contributed by atoms with Crippen molar-refractivity contribution in [1.29, 1.82) is 0 Å². The van der Waals surface area contributed by atoms with Crippen LogP contribution in [-0.2, 0) is 11.3 Å². The zero-order valence-corrected chi connectivity index (χ0v) is 18.2. The molecule has 1 N–H and O–H groups in total. The molecule has 0 amide bonds. The molecule has 0 aliphatic carbocycles. The minimum absolute atomic E-state index is 0.0328. The monoisotopic (exact) mass is 464 g/mol. The van der Waals surface area contributed by atoms with Crippen molar-refractivity contribution in [2.45, 2.75) is 31.1 Å². The maximum atomic E-state index is 13.9. The molecule has 0 saturated carbocycles. The molecule has 34 heavy (non-hydrogen) atoms. The van der Waals surface area contributed by atoms with E-state index in [1.807, 2.05) is 30.3 Å². The number of ether oxygens (including phenoxy) is 1. The summed E-state index contributed by atoms with van der Waals surface area (Å²) >= 11 is 0. The van der Waals surface area contributed by atoms with Crippen LogP contribution in [0.3, 0.4) is 0 Å². The topological polar surface area (TPSA) is 89.2 Å². The van der Waals surface area contributed by atoms with Gasteiger partial charge in [0.2, 0.25) is 5.95 Å². The van der Waals surface area contributed by atoms with Crippen molar-refractivity contribution in [3.8, 4) is 11.3 Å². The quantitative estimate of drug-likeness (QED) is 0.498. The summed E-state index contributed by atoms with van der Waals surface area (Å²) in [6.45, 7) is 0.608. The van der Waals surface area contributed by atoms with Crippen molar-refractivity contribution in [2.75, 3.05) is 24.6 Å². The van der Waals surface area contributed by atoms with E-state index in [0.717, 1.165) is 22.6 Å². The molecule has 174 valence electrons. The predicted molar refractivity (Wildman–Crippen MR) is 121 cm³/mol. The van der Waals surface area contributed by atoms with Gasteiger partial charge in [0.1, 0.15) is 24.1 Å². The largest absolute Gasteiger partial charge is 0.387 e. The van der Waals surface area contributed by atoms with Gasteiger partial charge >= 0.3 is 0 Å². The zero-order chi connectivity index (χ0) is 23.3. The number of rotatable bonds is 3. The molecule has 2 aliphatic rings. The second kappa shape index (κ2) is 8.07. The first-order valence-electron chi connectivity index (χ1n) is 11.1. The van der Waals surface area contributed by atoms with Crippen LogP contribution < -0.4 is 4.90 Å². The normalized spacial score (nSPS) is 22.0. The fourth-order valence-electron chi connectivity index (χ4n) is 4.58. The maximum absolute atomic E-state index is 13.9. The average molecular weight is 464 g/mol.